The number of alkyl halides is 9. The summed E-state index contributed by atoms with van der Waals surface area (Å²) in [6.45, 7) is 6.26. The van der Waals surface area contributed by atoms with Crippen LogP contribution in [0.15, 0.2) is 0 Å². The highest BCUT2D eigenvalue weighted by molar-refractivity contribution is 14.1. The molecule has 238 valence electrons. The van der Waals surface area contributed by atoms with Gasteiger partial charge in [-0.2, -0.15) is 43.5 Å². The molecule has 7 nitrogen and oxygen atoms in total. The molecule has 4 atom stereocenters. The van der Waals surface area contributed by atoms with E-state index in [1.807, 2.05) is 22.6 Å². The number of rotatable bonds is 17. The van der Waals surface area contributed by atoms with Gasteiger partial charge in [-0.05, 0) is 32.1 Å². The van der Waals surface area contributed by atoms with Gasteiger partial charge in [-0.3, -0.25) is 9.59 Å². The lowest BCUT2D eigenvalue weighted by Crippen LogP contribution is -2.59. The first-order valence-corrected chi connectivity index (χ1v) is 14.5. The predicted octanol–water partition coefficient (Wildman–Crippen LogP) is 6.87. The zero-order chi connectivity index (χ0) is 32.2. The molecule has 18 heteroatoms. The van der Waals surface area contributed by atoms with Crippen molar-refractivity contribution in [2.24, 2.45) is 16.7 Å². The third kappa shape index (κ3) is 7.47. The van der Waals surface area contributed by atoms with Crippen LogP contribution in [0.2, 0.25) is 0 Å². The zero-order valence-electron chi connectivity index (χ0n) is 22.4. The van der Waals surface area contributed by atoms with Crippen LogP contribution < -0.4 is 0 Å². The molecule has 0 N–H and O–H groups in total. The largest absolute Gasteiger partial charge is 0.469 e. The fraction of sp³-hybridized carbons (Fsp3) is 0.909. The van der Waals surface area contributed by atoms with Crippen LogP contribution in [-0.2, 0) is 34.0 Å². The minimum absolute atomic E-state index is 0.266. The summed E-state index contributed by atoms with van der Waals surface area (Å²) in [4.78, 5) is 26.0. The molecule has 0 bridgehead atoms. The van der Waals surface area contributed by atoms with Gasteiger partial charge in [0, 0.05) is 10.3 Å². The Morgan fingerprint density at radius 2 is 1.43 bits per heavy atom. The molecule has 0 fully saturated rings. The summed E-state index contributed by atoms with van der Waals surface area (Å²) in [5.74, 6) is -10.9. The van der Waals surface area contributed by atoms with Crippen molar-refractivity contribution in [2.45, 2.75) is 94.0 Å². The summed E-state index contributed by atoms with van der Waals surface area (Å²) in [6, 6.07) is 0. The zero-order valence-corrected chi connectivity index (χ0v) is 25.4. The van der Waals surface area contributed by atoms with Gasteiger partial charge < -0.3 is 9.47 Å². The van der Waals surface area contributed by atoms with Crippen molar-refractivity contribution < 1.29 is 71.2 Å². The van der Waals surface area contributed by atoms with Crippen LogP contribution in [0.1, 0.15) is 66.7 Å². The molecule has 0 aromatic carbocycles. The van der Waals surface area contributed by atoms with Crippen LogP contribution in [0.25, 0.3) is 0 Å². The van der Waals surface area contributed by atoms with Crippen LogP contribution in [0.5, 0.6) is 0 Å². The molecular formula is C22H32F9IO7S. The quantitative estimate of drug-likeness (QED) is 0.0529. The van der Waals surface area contributed by atoms with Gasteiger partial charge in [0.2, 0.25) is 0 Å². The van der Waals surface area contributed by atoms with Gasteiger partial charge in [0.1, 0.15) is 0 Å². The first-order chi connectivity index (χ1) is 17.8. The van der Waals surface area contributed by atoms with Gasteiger partial charge in [-0.15, -0.1) is 0 Å². The van der Waals surface area contributed by atoms with E-state index in [2.05, 4.69) is 4.74 Å². The van der Waals surface area contributed by atoms with E-state index in [4.69, 9.17) is 9.47 Å². The smallest absolute Gasteiger partial charge is 0.464 e. The molecule has 0 saturated carbocycles. The van der Waals surface area contributed by atoms with Crippen molar-refractivity contribution in [2.75, 3.05) is 13.7 Å². The fourth-order valence-electron chi connectivity index (χ4n) is 4.20. The first kappa shape index (κ1) is 39.0. The average molecular weight is 738 g/mol. The maximum atomic E-state index is 15.0. The third-order valence-electron chi connectivity index (χ3n) is 7.10. The van der Waals surface area contributed by atoms with Gasteiger partial charge >= 0.3 is 45.6 Å². The Kier molecular flexibility index (Phi) is 13.1. The SMILES string of the molecule is CCCCC(I)C(C)(C(=O)OC)C(C)(CC)C(CC(F)(F)C(F)(F)OC(F)(F)C(F)(F)S(=O)(=O)F)C(=O)OCC. The Morgan fingerprint density at radius 3 is 1.80 bits per heavy atom. The Labute approximate surface area is 240 Å². The predicted molar refractivity (Wildman–Crippen MR) is 131 cm³/mol. The number of carbonyl (C=O) groups is 2. The van der Waals surface area contributed by atoms with Crippen LogP contribution in [-0.4, -0.2) is 61.4 Å². The molecule has 0 amide bonds. The Balaban J connectivity index is 7.01. The van der Waals surface area contributed by atoms with E-state index in [9.17, 15) is 57.0 Å². The average Bonchev–Trinajstić information content (AvgIpc) is 2.82. The molecule has 0 aliphatic carbocycles. The molecule has 0 rings (SSSR count). The second-order valence-electron chi connectivity index (χ2n) is 9.38. The van der Waals surface area contributed by atoms with Crippen LogP contribution in [0.3, 0.4) is 0 Å². The summed E-state index contributed by atoms with van der Waals surface area (Å²) in [5.41, 5.74) is -3.88. The maximum absolute atomic E-state index is 15.0. The van der Waals surface area contributed by atoms with Gasteiger partial charge in [0.25, 0.3) is 0 Å². The van der Waals surface area contributed by atoms with Crippen molar-refractivity contribution in [3.05, 3.63) is 0 Å². The summed E-state index contributed by atoms with van der Waals surface area (Å²) in [5, 5.41) is -6.98. The van der Waals surface area contributed by atoms with E-state index in [1.54, 1.807) is 6.92 Å². The maximum Gasteiger partial charge on any atom is 0.464 e. The van der Waals surface area contributed by atoms with E-state index in [0.29, 0.717) is 12.8 Å². The summed E-state index contributed by atoms with van der Waals surface area (Å²) in [6.07, 6.45) is -14.9. The highest BCUT2D eigenvalue weighted by atomic mass is 127. The highest BCUT2D eigenvalue weighted by Gasteiger charge is 2.75. The van der Waals surface area contributed by atoms with Gasteiger partial charge in [-0.1, -0.05) is 60.1 Å². The summed E-state index contributed by atoms with van der Waals surface area (Å²) < 4.78 is 157. The van der Waals surface area contributed by atoms with Crippen molar-refractivity contribution >= 4 is 44.8 Å². The number of hydrogen-bond acceptors (Lipinski definition) is 7. The van der Waals surface area contributed by atoms with Crippen molar-refractivity contribution in [3.63, 3.8) is 0 Å². The molecule has 0 radical (unpaired) electrons. The van der Waals surface area contributed by atoms with E-state index in [0.717, 1.165) is 14.0 Å². The standard InChI is InChI=1S/C22H32F9IO7S/c1-7-10-11-14(32)18(5,16(34)37-6)17(4,8-2)13(15(33)38-9-3)12-19(23,24)20(25,26)39-21(27,28)22(29,30)40(31,35)36/h13-14H,7-12H2,1-6H3. The molecule has 0 aromatic rings. The lowest BCUT2D eigenvalue weighted by Gasteiger charge is -2.51. The monoisotopic (exact) mass is 738 g/mol. The number of ether oxygens (including phenoxy) is 3. The minimum Gasteiger partial charge on any atom is -0.469 e. The van der Waals surface area contributed by atoms with Gasteiger partial charge in [-0.25, -0.2) is 4.74 Å². The number of halogens is 10. The topological polar surface area (TPSA) is 96.0 Å². The van der Waals surface area contributed by atoms with Crippen molar-refractivity contribution in [1.29, 1.82) is 0 Å². The Hall–Kier alpha value is -1.05. The fourth-order valence-corrected chi connectivity index (χ4v) is 5.93. The van der Waals surface area contributed by atoms with Crippen LogP contribution in [0, 0.1) is 16.7 Å². The molecule has 0 heterocycles. The molecule has 4 unspecified atom stereocenters. The van der Waals surface area contributed by atoms with E-state index >= 15 is 0 Å². The van der Waals surface area contributed by atoms with Crippen LogP contribution >= 0.6 is 22.6 Å². The van der Waals surface area contributed by atoms with Gasteiger partial charge in [0.15, 0.2) is 0 Å². The normalized spacial score (nSPS) is 18.3. The minimum atomic E-state index is -7.61. The van der Waals surface area contributed by atoms with Crippen LogP contribution in [0.4, 0.5) is 39.0 Å². The van der Waals surface area contributed by atoms with E-state index < -0.39 is 79.3 Å². The Bertz CT molecular complexity index is 997. The molecular weight excluding hydrogens is 706 g/mol. The number of unbranched alkanes of at least 4 members (excludes halogenated alkanes) is 1. The number of carbonyl (C=O) groups excluding carboxylic acids is 2. The molecule has 40 heavy (non-hydrogen) atoms. The van der Waals surface area contributed by atoms with Gasteiger partial charge in [0.05, 0.1) is 25.0 Å². The number of methoxy groups -OCH3 is 1. The molecule has 0 saturated heterocycles. The second-order valence-corrected chi connectivity index (χ2v) is 12.3. The number of hydrogen-bond donors (Lipinski definition) is 0. The summed E-state index contributed by atoms with van der Waals surface area (Å²) >= 11 is 1.81. The lowest BCUT2D eigenvalue weighted by molar-refractivity contribution is -0.457. The Morgan fingerprint density at radius 1 is 0.925 bits per heavy atom. The number of esters is 2. The summed E-state index contributed by atoms with van der Waals surface area (Å²) in [7, 11) is -6.66. The van der Waals surface area contributed by atoms with E-state index in [1.165, 1.54) is 20.8 Å². The molecule has 0 spiro atoms. The highest BCUT2D eigenvalue weighted by Crippen LogP contribution is 2.58. The lowest BCUT2D eigenvalue weighted by atomic mass is 9.54. The first-order valence-electron chi connectivity index (χ1n) is 11.9. The van der Waals surface area contributed by atoms with Crippen molar-refractivity contribution in [1.82, 2.24) is 0 Å². The van der Waals surface area contributed by atoms with E-state index in [-0.39, 0.29) is 12.8 Å². The third-order valence-corrected chi connectivity index (χ3v) is 9.81. The molecule has 0 aliphatic rings. The molecule has 0 aliphatic heterocycles. The molecule has 0 aromatic heterocycles. The second kappa shape index (κ2) is 13.5. The van der Waals surface area contributed by atoms with Crippen molar-refractivity contribution in [3.8, 4) is 0 Å².